The molecule has 0 aliphatic carbocycles. The number of rotatable bonds is 4. The monoisotopic (exact) mass is 271 g/mol. The first-order chi connectivity index (χ1) is 8.66. The van der Waals surface area contributed by atoms with Crippen LogP contribution in [0, 0.1) is 0 Å². The minimum Gasteiger partial charge on any atom is -0.465 e. The molecule has 2 N–H and O–H groups in total. The van der Waals surface area contributed by atoms with Crippen molar-refractivity contribution in [1.82, 2.24) is 9.80 Å². The largest absolute Gasteiger partial charge is 0.465 e. The molecule has 1 aliphatic heterocycles. The van der Waals surface area contributed by atoms with E-state index in [1.54, 1.807) is 13.8 Å². The van der Waals surface area contributed by atoms with Gasteiger partial charge in [-0.05, 0) is 34.6 Å². The number of piperazine rings is 1. The van der Waals surface area contributed by atoms with E-state index < -0.39 is 5.54 Å². The quantitative estimate of drug-likeness (QED) is 0.762. The number of nitrogens with two attached hydrogens (primary N) is 1. The summed E-state index contributed by atoms with van der Waals surface area (Å²) in [6.07, 6.45) is 0. The first kappa shape index (κ1) is 16.4. The van der Waals surface area contributed by atoms with E-state index in [-0.39, 0.29) is 11.5 Å². The third-order valence-electron chi connectivity index (χ3n) is 3.61. The van der Waals surface area contributed by atoms with Crippen molar-refractivity contribution in [3.8, 4) is 0 Å². The van der Waals surface area contributed by atoms with Crippen LogP contribution in [0.15, 0.2) is 0 Å². The number of hydrogen-bond acceptors (Lipinski definition) is 5. The van der Waals surface area contributed by atoms with Gasteiger partial charge >= 0.3 is 5.97 Å². The molecule has 0 aromatic rings. The Labute approximate surface area is 117 Å². The van der Waals surface area contributed by atoms with Crippen molar-refractivity contribution in [3.63, 3.8) is 0 Å². The van der Waals surface area contributed by atoms with Crippen LogP contribution in [-0.2, 0) is 9.53 Å². The average Bonchev–Trinajstić information content (AvgIpc) is 2.28. The average molecular weight is 271 g/mol. The summed E-state index contributed by atoms with van der Waals surface area (Å²) in [4.78, 5) is 16.5. The molecule has 5 nitrogen and oxygen atoms in total. The molecule has 1 aliphatic rings. The van der Waals surface area contributed by atoms with E-state index in [9.17, 15) is 4.79 Å². The summed E-state index contributed by atoms with van der Waals surface area (Å²) in [5.41, 5.74) is 5.36. The summed E-state index contributed by atoms with van der Waals surface area (Å²) >= 11 is 0. The minimum atomic E-state index is -0.917. The molecule has 1 atom stereocenters. The predicted octanol–water partition coefficient (Wildman–Crippen LogP) is 0.683. The zero-order valence-electron chi connectivity index (χ0n) is 13.0. The molecular formula is C14H29N3O2. The Kier molecular flexibility index (Phi) is 5.35. The van der Waals surface area contributed by atoms with Crippen LogP contribution in [0.25, 0.3) is 0 Å². The highest BCUT2D eigenvalue weighted by Crippen LogP contribution is 2.17. The maximum absolute atomic E-state index is 11.8. The van der Waals surface area contributed by atoms with Gasteiger partial charge in [0, 0.05) is 38.3 Å². The molecule has 112 valence electrons. The van der Waals surface area contributed by atoms with E-state index in [4.69, 9.17) is 10.5 Å². The van der Waals surface area contributed by atoms with Crippen molar-refractivity contribution in [2.75, 3.05) is 39.3 Å². The molecule has 0 saturated carbocycles. The first-order valence-corrected chi connectivity index (χ1v) is 7.10. The molecule has 1 fully saturated rings. The number of hydrogen-bond donors (Lipinski definition) is 1. The first-order valence-electron chi connectivity index (χ1n) is 7.10. The van der Waals surface area contributed by atoms with Crippen LogP contribution in [0.3, 0.4) is 0 Å². The summed E-state index contributed by atoms with van der Waals surface area (Å²) in [5, 5.41) is 0. The highest BCUT2D eigenvalue weighted by Gasteiger charge is 2.34. The van der Waals surface area contributed by atoms with Crippen molar-refractivity contribution >= 4 is 5.97 Å². The van der Waals surface area contributed by atoms with E-state index in [0.717, 1.165) is 26.2 Å². The van der Waals surface area contributed by atoms with Gasteiger partial charge in [-0.1, -0.05) is 0 Å². The van der Waals surface area contributed by atoms with Gasteiger partial charge in [-0.2, -0.15) is 0 Å². The molecule has 1 saturated heterocycles. The summed E-state index contributed by atoms with van der Waals surface area (Å²) in [7, 11) is 0. The molecule has 0 bridgehead atoms. The molecular weight excluding hydrogens is 242 g/mol. The molecule has 0 aromatic heterocycles. The number of carbonyl (C=O) groups excluding carboxylic acids is 1. The van der Waals surface area contributed by atoms with Gasteiger partial charge in [-0.3, -0.25) is 14.6 Å². The molecule has 0 amide bonds. The molecule has 0 spiro atoms. The molecule has 1 unspecified atom stereocenters. The van der Waals surface area contributed by atoms with Gasteiger partial charge in [0.15, 0.2) is 0 Å². The molecule has 1 rings (SSSR count). The summed E-state index contributed by atoms with van der Waals surface area (Å²) in [6.45, 7) is 15.1. The van der Waals surface area contributed by atoms with Crippen molar-refractivity contribution in [3.05, 3.63) is 0 Å². The fraction of sp³-hybridized carbons (Fsp3) is 0.929. The lowest BCUT2D eigenvalue weighted by molar-refractivity contribution is -0.150. The normalized spacial score (nSPS) is 22.0. The number of esters is 1. The lowest BCUT2D eigenvalue weighted by Gasteiger charge is -2.43. The zero-order valence-corrected chi connectivity index (χ0v) is 13.0. The zero-order chi connectivity index (χ0) is 14.7. The summed E-state index contributed by atoms with van der Waals surface area (Å²) < 4.78 is 5.02. The van der Waals surface area contributed by atoms with Crippen molar-refractivity contribution in [2.24, 2.45) is 5.73 Å². The van der Waals surface area contributed by atoms with E-state index in [1.807, 2.05) is 0 Å². The topological polar surface area (TPSA) is 58.8 Å². The van der Waals surface area contributed by atoms with Gasteiger partial charge < -0.3 is 10.5 Å². The highest BCUT2D eigenvalue weighted by atomic mass is 16.5. The summed E-state index contributed by atoms with van der Waals surface area (Å²) in [5.74, 6) is -0.312. The standard InChI is InChI=1S/C14H29N3O2/c1-6-19-12(18)14(5,15)11-16-7-9-17(10-8-16)13(2,3)4/h6-11,15H2,1-5H3. The third-order valence-corrected chi connectivity index (χ3v) is 3.61. The minimum absolute atomic E-state index is 0.208. The Hall–Kier alpha value is -0.650. The maximum atomic E-state index is 11.8. The van der Waals surface area contributed by atoms with Gasteiger partial charge in [0.1, 0.15) is 5.54 Å². The molecule has 5 heteroatoms. The van der Waals surface area contributed by atoms with Crippen LogP contribution in [0.5, 0.6) is 0 Å². The highest BCUT2D eigenvalue weighted by molar-refractivity contribution is 5.80. The fourth-order valence-electron chi connectivity index (χ4n) is 2.40. The molecule has 1 heterocycles. The lowest BCUT2D eigenvalue weighted by atomic mass is 10.0. The predicted molar refractivity (Wildman–Crippen MR) is 77.0 cm³/mol. The maximum Gasteiger partial charge on any atom is 0.327 e. The van der Waals surface area contributed by atoms with Crippen LogP contribution < -0.4 is 5.73 Å². The van der Waals surface area contributed by atoms with Crippen molar-refractivity contribution in [2.45, 2.75) is 45.7 Å². The molecule has 0 radical (unpaired) electrons. The van der Waals surface area contributed by atoms with Crippen LogP contribution >= 0.6 is 0 Å². The van der Waals surface area contributed by atoms with Crippen molar-refractivity contribution in [1.29, 1.82) is 0 Å². The van der Waals surface area contributed by atoms with Gasteiger partial charge in [0.25, 0.3) is 0 Å². The Morgan fingerprint density at radius 3 is 2.11 bits per heavy atom. The molecule has 0 aromatic carbocycles. The van der Waals surface area contributed by atoms with E-state index >= 15 is 0 Å². The number of ether oxygens (including phenoxy) is 1. The van der Waals surface area contributed by atoms with Gasteiger partial charge in [-0.15, -0.1) is 0 Å². The van der Waals surface area contributed by atoms with Crippen LogP contribution in [-0.4, -0.2) is 66.2 Å². The van der Waals surface area contributed by atoms with Gasteiger partial charge in [-0.25, -0.2) is 0 Å². The van der Waals surface area contributed by atoms with Gasteiger partial charge in [0.05, 0.1) is 6.61 Å². The lowest BCUT2D eigenvalue weighted by Crippen LogP contribution is -2.60. The fourth-order valence-corrected chi connectivity index (χ4v) is 2.40. The second-order valence-corrected chi connectivity index (χ2v) is 6.57. The van der Waals surface area contributed by atoms with E-state index in [2.05, 4.69) is 30.6 Å². The third kappa shape index (κ3) is 4.75. The van der Waals surface area contributed by atoms with Gasteiger partial charge in [0.2, 0.25) is 0 Å². The smallest absolute Gasteiger partial charge is 0.327 e. The Bertz CT molecular complexity index is 302. The Morgan fingerprint density at radius 2 is 1.68 bits per heavy atom. The second kappa shape index (κ2) is 6.20. The molecule has 19 heavy (non-hydrogen) atoms. The second-order valence-electron chi connectivity index (χ2n) is 6.57. The Balaban J connectivity index is 2.46. The van der Waals surface area contributed by atoms with Crippen LogP contribution in [0.4, 0.5) is 0 Å². The summed E-state index contributed by atoms with van der Waals surface area (Å²) in [6, 6.07) is 0. The van der Waals surface area contributed by atoms with E-state index in [1.165, 1.54) is 0 Å². The van der Waals surface area contributed by atoms with Crippen LogP contribution in [0.2, 0.25) is 0 Å². The number of carbonyl (C=O) groups is 1. The SMILES string of the molecule is CCOC(=O)C(C)(N)CN1CCN(C(C)(C)C)CC1. The number of nitrogens with zero attached hydrogens (tertiary/aromatic N) is 2. The van der Waals surface area contributed by atoms with Crippen LogP contribution in [0.1, 0.15) is 34.6 Å². The van der Waals surface area contributed by atoms with Crippen molar-refractivity contribution < 1.29 is 9.53 Å². The van der Waals surface area contributed by atoms with E-state index in [0.29, 0.717) is 13.2 Å². The Morgan fingerprint density at radius 1 is 1.16 bits per heavy atom.